The molecule has 27 heavy (non-hydrogen) atoms. The van der Waals surface area contributed by atoms with Crippen LogP contribution in [0.4, 0.5) is 18.9 Å². The summed E-state index contributed by atoms with van der Waals surface area (Å²) in [4.78, 5) is 18.3. The Bertz CT molecular complexity index is 995. The van der Waals surface area contributed by atoms with Crippen molar-refractivity contribution in [3.8, 4) is 0 Å². The SMILES string of the molecule is O=C1CC(CCc2cccc(C(F)(F)F)c2)N1c1cccc2cccnc12. The Kier molecular flexibility index (Phi) is 4.34. The topological polar surface area (TPSA) is 33.2 Å². The largest absolute Gasteiger partial charge is 0.416 e. The number of carbonyl (C=O) groups is 1. The van der Waals surface area contributed by atoms with E-state index >= 15 is 0 Å². The van der Waals surface area contributed by atoms with Gasteiger partial charge in [-0.15, -0.1) is 0 Å². The molecule has 0 saturated carbocycles. The average Bonchev–Trinajstić information content (AvgIpc) is 2.65. The van der Waals surface area contributed by atoms with Gasteiger partial charge in [0.1, 0.15) is 0 Å². The lowest BCUT2D eigenvalue weighted by molar-refractivity contribution is -0.137. The van der Waals surface area contributed by atoms with Crippen LogP contribution >= 0.6 is 0 Å². The zero-order valence-electron chi connectivity index (χ0n) is 14.4. The second kappa shape index (κ2) is 6.68. The highest BCUT2D eigenvalue weighted by molar-refractivity contribution is 6.06. The van der Waals surface area contributed by atoms with E-state index in [-0.39, 0.29) is 11.9 Å². The number of carbonyl (C=O) groups excluding carboxylic acids is 1. The molecule has 2 heterocycles. The first kappa shape index (κ1) is 17.5. The molecule has 1 atom stereocenters. The molecule has 0 N–H and O–H groups in total. The lowest BCUT2D eigenvalue weighted by Gasteiger charge is -2.41. The number of aromatic nitrogens is 1. The molecule has 1 aromatic heterocycles. The van der Waals surface area contributed by atoms with E-state index in [1.807, 2.05) is 30.3 Å². The van der Waals surface area contributed by atoms with Crippen molar-refractivity contribution in [3.63, 3.8) is 0 Å². The van der Waals surface area contributed by atoms with Crippen molar-refractivity contribution in [3.05, 3.63) is 71.9 Å². The minimum atomic E-state index is -4.34. The van der Waals surface area contributed by atoms with Gasteiger partial charge in [-0.3, -0.25) is 9.78 Å². The first-order chi connectivity index (χ1) is 12.9. The smallest absolute Gasteiger partial charge is 0.307 e. The van der Waals surface area contributed by atoms with Gasteiger partial charge in [0.2, 0.25) is 5.91 Å². The van der Waals surface area contributed by atoms with Gasteiger partial charge in [-0.2, -0.15) is 13.2 Å². The normalized spacial score (nSPS) is 17.2. The first-order valence-corrected chi connectivity index (χ1v) is 8.75. The standard InChI is InChI=1S/C21H17F3N2O/c22-21(23,24)16-7-1-4-14(12-16)9-10-17-13-19(27)26(17)18-8-2-5-15-6-3-11-25-20(15)18/h1-8,11-12,17H,9-10,13H2. The predicted molar refractivity (Wildman–Crippen MR) is 97.4 cm³/mol. The van der Waals surface area contributed by atoms with E-state index in [2.05, 4.69) is 4.98 Å². The number of amides is 1. The minimum absolute atomic E-state index is 0.0159. The van der Waals surface area contributed by atoms with E-state index in [1.165, 1.54) is 12.1 Å². The number of nitrogens with zero attached hydrogens (tertiary/aromatic N) is 2. The fraction of sp³-hybridized carbons (Fsp3) is 0.238. The van der Waals surface area contributed by atoms with Crippen LogP contribution in [0.15, 0.2) is 60.8 Å². The van der Waals surface area contributed by atoms with Gasteiger partial charge in [-0.25, -0.2) is 0 Å². The number of β-lactam (4-membered cyclic amide) rings is 1. The number of halogens is 3. The van der Waals surface area contributed by atoms with Crippen LogP contribution < -0.4 is 4.90 Å². The third kappa shape index (κ3) is 3.39. The monoisotopic (exact) mass is 370 g/mol. The zero-order valence-corrected chi connectivity index (χ0v) is 14.4. The van der Waals surface area contributed by atoms with Gasteiger partial charge in [0.25, 0.3) is 0 Å². The van der Waals surface area contributed by atoms with Gasteiger partial charge < -0.3 is 4.90 Å². The van der Waals surface area contributed by atoms with Crippen LogP contribution in [0.25, 0.3) is 10.9 Å². The van der Waals surface area contributed by atoms with Crippen molar-refractivity contribution in [2.75, 3.05) is 4.90 Å². The lowest BCUT2D eigenvalue weighted by atomic mass is 9.93. The van der Waals surface area contributed by atoms with Crippen LogP contribution in [-0.2, 0) is 17.4 Å². The second-order valence-electron chi connectivity index (χ2n) is 6.71. The van der Waals surface area contributed by atoms with E-state index in [1.54, 1.807) is 17.2 Å². The van der Waals surface area contributed by atoms with E-state index in [0.29, 0.717) is 24.8 Å². The van der Waals surface area contributed by atoms with E-state index in [9.17, 15) is 18.0 Å². The molecule has 4 rings (SSSR count). The van der Waals surface area contributed by atoms with Gasteiger partial charge in [-0.1, -0.05) is 36.4 Å². The molecule has 0 radical (unpaired) electrons. The number of anilines is 1. The molecule has 3 nitrogen and oxygen atoms in total. The molecule has 0 aliphatic carbocycles. The molecule has 1 fully saturated rings. The van der Waals surface area contributed by atoms with Gasteiger partial charge in [0.15, 0.2) is 0 Å². The summed E-state index contributed by atoms with van der Waals surface area (Å²) in [5, 5.41) is 0.950. The summed E-state index contributed by atoms with van der Waals surface area (Å²) >= 11 is 0. The molecule has 2 aromatic carbocycles. The number of rotatable bonds is 4. The maximum atomic E-state index is 12.9. The molecule has 1 unspecified atom stereocenters. The van der Waals surface area contributed by atoms with Crippen molar-refractivity contribution in [1.29, 1.82) is 0 Å². The predicted octanol–water partition coefficient (Wildman–Crippen LogP) is 4.99. The molecule has 1 aliphatic rings. The molecular formula is C21H17F3N2O. The second-order valence-corrected chi connectivity index (χ2v) is 6.71. The van der Waals surface area contributed by atoms with E-state index in [4.69, 9.17) is 0 Å². The van der Waals surface area contributed by atoms with Crippen LogP contribution in [0.2, 0.25) is 0 Å². The summed E-state index contributed by atoms with van der Waals surface area (Å²) in [7, 11) is 0. The molecule has 6 heteroatoms. The summed E-state index contributed by atoms with van der Waals surface area (Å²) in [6, 6.07) is 14.8. The maximum Gasteiger partial charge on any atom is 0.416 e. The van der Waals surface area contributed by atoms with Crippen molar-refractivity contribution in [2.24, 2.45) is 0 Å². The van der Waals surface area contributed by atoms with Gasteiger partial charge in [0, 0.05) is 24.0 Å². The highest BCUT2D eigenvalue weighted by Crippen LogP contribution is 2.35. The number of para-hydroxylation sites is 1. The number of hydrogen-bond donors (Lipinski definition) is 0. The quantitative estimate of drug-likeness (QED) is 0.606. The fourth-order valence-corrected chi connectivity index (χ4v) is 3.56. The Hall–Kier alpha value is -2.89. The number of aryl methyl sites for hydroxylation is 1. The van der Waals surface area contributed by atoms with Crippen molar-refractivity contribution < 1.29 is 18.0 Å². The number of hydrogen-bond acceptors (Lipinski definition) is 2. The van der Waals surface area contributed by atoms with E-state index in [0.717, 1.165) is 22.7 Å². The first-order valence-electron chi connectivity index (χ1n) is 8.75. The van der Waals surface area contributed by atoms with Crippen molar-refractivity contribution in [2.45, 2.75) is 31.5 Å². The summed E-state index contributed by atoms with van der Waals surface area (Å²) < 4.78 is 38.6. The Morgan fingerprint density at radius 2 is 1.85 bits per heavy atom. The zero-order chi connectivity index (χ0) is 19.0. The summed E-state index contributed by atoms with van der Waals surface area (Å²) in [6.45, 7) is 0. The number of fused-ring (bicyclic) bond motifs is 1. The Morgan fingerprint density at radius 3 is 2.63 bits per heavy atom. The minimum Gasteiger partial charge on any atom is -0.307 e. The third-order valence-corrected chi connectivity index (χ3v) is 4.94. The molecule has 1 aliphatic heterocycles. The van der Waals surface area contributed by atoms with Crippen LogP contribution in [0.1, 0.15) is 24.0 Å². The van der Waals surface area contributed by atoms with Gasteiger partial charge in [-0.05, 0) is 36.6 Å². The Balaban J connectivity index is 1.53. The Labute approximate surface area is 154 Å². The molecule has 3 aromatic rings. The van der Waals surface area contributed by atoms with Crippen LogP contribution in [-0.4, -0.2) is 16.9 Å². The number of pyridine rings is 1. The molecule has 138 valence electrons. The van der Waals surface area contributed by atoms with E-state index < -0.39 is 11.7 Å². The highest BCUT2D eigenvalue weighted by Gasteiger charge is 2.38. The van der Waals surface area contributed by atoms with Gasteiger partial charge in [0.05, 0.1) is 16.8 Å². The number of benzene rings is 2. The third-order valence-electron chi connectivity index (χ3n) is 4.94. The molecule has 1 amide bonds. The maximum absolute atomic E-state index is 12.9. The lowest BCUT2D eigenvalue weighted by Crippen LogP contribution is -2.53. The van der Waals surface area contributed by atoms with Crippen molar-refractivity contribution >= 4 is 22.5 Å². The molecule has 1 saturated heterocycles. The van der Waals surface area contributed by atoms with Crippen LogP contribution in [0, 0.1) is 0 Å². The van der Waals surface area contributed by atoms with Crippen LogP contribution in [0.5, 0.6) is 0 Å². The van der Waals surface area contributed by atoms with Gasteiger partial charge >= 0.3 is 6.18 Å². The Morgan fingerprint density at radius 1 is 1.07 bits per heavy atom. The number of alkyl halides is 3. The van der Waals surface area contributed by atoms with Crippen LogP contribution in [0.3, 0.4) is 0 Å². The highest BCUT2D eigenvalue weighted by atomic mass is 19.4. The molecule has 0 spiro atoms. The summed E-state index contributed by atoms with van der Waals surface area (Å²) in [5.74, 6) is 0.0159. The summed E-state index contributed by atoms with van der Waals surface area (Å²) in [6.07, 6.45) is -1.16. The molecular weight excluding hydrogens is 353 g/mol. The summed E-state index contributed by atoms with van der Waals surface area (Å²) in [5.41, 5.74) is 1.51. The average molecular weight is 370 g/mol. The molecule has 0 bridgehead atoms. The van der Waals surface area contributed by atoms with Crippen molar-refractivity contribution in [1.82, 2.24) is 4.98 Å². The fourth-order valence-electron chi connectivity index (χ4n) is 3.56.